The van der Waals surface area contributed by atoms with Crippen molar-refractivity contribution in [3.63, 3.8) is 0 Å². The van der Waals surface area contributed by atoms with Gasteiger partial charge in [-0.2, -0.15) is 10.5 Å². The number of hydrogen-bond donors (Lipinski definition) is 2. The van der Waals surface area contributed by atoms with E-state index in [1.54, 1.807) is 12.1 Å². The lowest BCUT2D eigenvalue weighted by Crippen LogP contribution is -2.19. The van der Waals surface area contributed by atoms with Crippen molar-refractivity contribution in [3.05, 3.63) is 29.3 Å². The highest BCUT2D eigenvalue weighted by Crippen LogP contribution is 2.16. The molecule has 1 aromatic carbocycles. The molecule has 0 radical (unpaired) electrons. The predicted molar refractivity (Wildman–Crippen MR) is 65.5 cm³/mol. The quantitative estimate of drug-likeness (QED) is 0.813. The second-order valence-electron chi connectivity index (χ2n) is 3.55. The number of carbonyl (C=O) groups is 1. The number of sulfonamides is 1. The highest BCUT2D eigenvalue weighted by Gasteiger charge is 2.13. The molecular weight excluding hydrogens is 270 g/mol. The standard InChI is InChI=1S/C11H9N3O4S/c12-6-8-1-2-10(5-9(8)7-13)14-19(17,18)4-3-11(15)16/h1-2,5,14H,3-4H2,(H,15,16). The highest BCUT2D eigenvalue weighted by molar-refractivity contribution is 7.92. The van der Waals surface area contributed by atoms with Gasteiger partial charge in [-0.05, 0) is 18.2 Å². The molecule has 7 nitrogen and oxygen atoms in total. The summed E-state index contributed by atoms with van der Waals surface area (Å²) in [5.74, 6) is -1.78. The van der Waals surface area contributed by atoms with Crippen molar-refractivity contribution in [2.45, 2.75) is 6.42 Å². The summed E-state index contributed by atoms with van der Waals surface area (Å²) in [7, 11) is -3.80. The maximum absolute atomic E-state index is 11.5. The summed E-state index contributed by atoms with van der Waals surface area (Å²) < 4.78 is 25.2. The van der Waals surface area contributed by atoms with Crippen LogP contribution >= 0.6 is 0 Å². The Hall–Kier alpha value is -2.58. The Morgan fingerprint density at radius 2 is 1.89 bits per heavy atom. The van der Waals surface area contributed by atoms with Gasteiger partial charge in [0.1, 0.15) is 12.1 Å². The summed E-state index contributed by atoms with van der Waals surface area (Å²) in [6.07, 6.45) is -0.517. The molecule has 98 valence electrons. The average molecular weight is 279 g/mol. The molecule has 0 bridgehead atoms. The molecule has 0 unspecified atom stereocenters. The summed E-state index contributed by atoms with van der Waals surface area (Å²) >= 11 is 0. The van der Waals surface area contributed by atoms with E-state index in [0.717, 1.165) is 0 Å². The largest absolute Gasteiger partial charge is 0.481 e. The minimum atomic E-state index is -3.80. The van der Waals surface area contributed by atoms with Gasteiger partial charge in [-0.25, -0.2) is 8.42 Å². The first-order chi connectivity index (χ1) is 8.88. The van der Waals surface area contributed by atoms with Gasteiger partial charge in [0.15, 0.2) is 0 Å². The molecule has 0 aliphatic carbocycles. The number of benzene rings is 1. The lowest BCUT2D eigenvalue weighted by molar-refractivity contribution is -0.136. The van der Waals surface area contributed by atoms with Gasteiger partial charge in [0.2, 0.25) is 10.0 Å². The minimum absolute atomic E-state index is 0.0425. The van der Waals surface area contributed by atoms with E-state index in [1.165, 1.54) is 18.2 Å². The van der Waals surface area contributed by atoms with Crippen LogP contribution in [0.5, 0.6) is 0 Å². The smallest absolute Gasteiger partial charge is 0.304 e. The third-order valence-electron chi connectivity index (χ3n) is 2.12. The SMILES string of the molecule is N#Cc1ccc(NS(=O)(=O)CCC(=O)O)cc1C#N. The Balaban J connectivity index is 2.92. The van der Waals surface area contributed by atoms with Gasteiger partial charge < -0.3 is 5.11 Å². The number of aliphatic carboxylic acids is 1. The van der Waals surface area contributed by atoms with E-state index < -0.39 is 28.2 Å². The van der Waals surface area contributed by atoms with E-state index >= 15 is 0 Å². The van der Waals surface area contributed by atoms with Crippen molar-refractivity contribution in [1.29, 1.82) is 10.5 Å². The van der Waals surface area contributed by atoms with Crippen molar-refractivity contribution in [3.8, 4) is 12.1 Å². The van der Waals surface area contributed by atoms with Crippen molar-refractivity contribution < 1.29 is 18.3 Å². The van der Waals surface area contributed by atoms with Gasteiger partial charge in [-0.3, -0.25) is 9.52 Å². The number of anilines is 1. The molecule has 1 aromatic rings. The number of hydrogen-bond acceptors (Lipinski definition) is 5. The molecule has 0 saturated heterocycles. The Morgan fingerprint density at radius 1 is 1.26 bits per heavy atom. The number of rotatable bonds is 5. The number of carboxylic acids is 1. The maximum Gasteiger partial charge on any atom is 0.304 e. The third-order valence-corrected chi connectivity index (χ3v) is 3.41. The third kappa shape index (κ3) is 4.30. The molecule has 0 aliphatic rings. The summed E-state index contributed by atoms with van der Waals surface area (Å²) in [4.78, 5) is 10.3. The first-order valence-corrected chi connectivity index (χ1v) is 6.69. The molecule has 0 spiro atoms. The fraction of sp³-hybridized carbons (Fsp3) is 0.182. The van der Waals surface area contributed by atoms with Gasteiger partial charge in [-0.15, -0.1) is 0 Å². The summed E-state index contributed by atoms with van der Waals surface area (Å²) in [6, 6.07) is 7.43. The summed E-state index contributed by atoms with van der Waals surface area (Å²) in [5, 5.41) is 25.9. The van der Waals surface area contributed by atoms with E-state index in [1.807, 2.05) is 0 Å². The van der Waals surface area contributed by atoms with Gasteiger partial charge in [0.25, 0.3) is 0 Å². The van der Waals surface area contributed by atoms with E-state index in [4.69, 9.17) is 15.6 Å². The zero-order valence-electron chi connectivity index (χ0n) is 9.62. The first-order valence-electron chi connectivity index (χ1n) is 5.04. The lowest BCUT2D eigenvalue weighted by Gasteiger charge is -2.07. The molecule has 0 aromatic heterocycles. The second kappa shape index (κ2) is 5.85. The molecule has 19 heavy (non-hydrogen) atoms. The monoisotopic (exact) mass is 279 g/mol. The van der Waals surface area contributed by atoms with Crippen LogP contribution in [-0.4, -0.2) is 25.2 Å². The van der Waals surface area contributed by atoms with Gasteiger partial charge in [0.05, 0.1) is 23.3 Å². The predicted octanol–water partition coefficient (Wildman–Crippen LogP) is 0.646. The number of nitrogens with zero attached hydrogens (tertiary/aromatic N) is 2. The van der Waals surface area contributed by atoms with E-state index in [9.17, 15) is 13.2 Å². The van der Waals surface area contributed by atoms with Crippen LogP contribution in [-0.2, 0) is 14.8 Å². The Labute approximate surface area is 109 Å². The van der Waals surface area contributed by atoms with Crippen molar-refractivity contribution in [2.24, 2.45) is 0 Å². The number of carboxylic acid groups (broad SMARTS) is 1. The highest BCUT2D eigenvalue weighted by atomic mass is 32.2. The van der Waals surface area contributed by atoms with Crippen LogP contribution in [0.3, 0.4) is 0 Å². The molecule has 0 amide bonds. The van der Waals surface area contributed by atoms with Crippen molar-refractivity contribution in [2.75, 3.05) is 10.5 Å². The van der Waals surface area contributed by atoms with E-state index in [2.05, 4.69) is 4.72 Å². The Kier molecular flexibility index (Phi) is 4.46. The van der Waals surface area contributed by atoms with Crippen LogP contribution in [0, 0.1) is 22.7 Å². The molecule has 8 heteroatoms. The van der Waals surface area contributed by atoms with Gasteiger partial charge >= 0.3 is 5.97 Å². The van der Waals surface area contributed by atoms with Gasteiger partial charge in [0, 0.05) is 5.69 Å². The summed E-state index contributed by atoms with van der Waals surface area (Å²) in [6.45, 7) is 0. The number of nitriles is 2. The van der Waals surface area contributed by atoms with Crippen LogP contribution in [0.1, 0.15) is 17.5 Å². The topological polar surface area (TPSA) is 131 Å². The van der Waals surface area contributed by atoms with Crippen molar-refractivity contribution >= 4 is 21.7 Å². The van der Waals surface area contributed by atoms with Crippen LogP contribution < -0.4 is 4.72 Å². The van der Waals surface area contributed by atoms with E-state index in [0.29, 0.717) is 0 Å². The van der Waals surface area contributed by atoms with Crippen LogP contribution in [0.15, 0.2) is 18.2 Å². The molecular formula is C11H9N3O4S. The zero-order valence-corrected chi connectivity index (χ0v) is 10.4. The second-order valence-corrected chi connectivity index (χ2v) is 5.39. The van der Waals surface area contributed by atoms with Gasteiger partial charge in [-0.1, -0.05) is 0 Å². The molecule has 1 rings (SSSR count). The molecule has 0 atom stereocenters. The first kappa shape index (κ1) is 14.5. The fourth-order valence-electron chi connectivity index (χ4n) is 1.25. The Morgan fingerprint density at radius 3 is 2.42 bits per heavy atom. The molecule has 2 N–H and O–H groups in total. The maximum atomic E-state index is 11.5. The zero-order chi connectivity index (χ0) is 14.5. The summed E-state index contributed by atoms with van der Waals surface area (Å²) in [5.41, 5.74) is 0.290. The number of nitrogens with one attached hydrogen (secondary N) is 1. The van der Waals surface area contributed by atoms with E-state index in [-0.39, 0.29) is 16.8 Å². The molecule has 0 aliphatic heterocycles. The van der Waals surface area contributed by atoms with Crippen molar-refractivity contribution in [1.82, 2.24) is 0 Å². The van der Waals surface area contributed by atoms with Crippen LogP contribution in [0.2, 0.25) is 0 Å². The molecule has 0 heterocycles. The molecule has 0 saturated carbocycles. The van der Waals surface area contributed by atoms with Crippen LogP contribution in [0.4, 0.5) is 5.69 Å². The minimum Gasteiger partial charge on any atom is -0.481 e. The lowest BCUT2D eigenvalue weighted by atomic mass is 10.1. The molecule has 0 fully saturated rings. The fourth-order valence-corrected chi connectivity index (χ4v) is 2.28. The van der Waals surface area contributed by atoms with Crippen LogP contribution in [0.25, 0.3) is 0 Å². The Bertz CT molecular complexity index is 683. The average Bonchev–Trinajstić information content (AvgIpc) is 2.36. The normalized spacial score (nSPS) is 10.2.